The summed E-state index contributed by atoms with van der Waals surface area (Å²) in [6.45, 7) is 1.60. The first-order valence-electron chi connectivity index (χ1n) is 6.64. The van der Waals surface area contributed by atoms with Gasteiger partial charge in [0.25, 0.3) is 0 Å². The highest BCUT2D eigenvalue weighted by Crippen LogP contribution is 2.26. The molecule has 8 N–H and O–H groups in total. The largest absolute Gasteiger partial charge is 0.381 e. The summed E-state index contributed by atoms with van der Waals surface area (Å²) in [7, 11) is 0. The number of nitrogens with zero attached hydrogens (tertiary/aromatic N) is 4. The van der Waals surface area contributed by atoms with Gasteiger partial charge in [-0.25, -0.2) is 19.6 Å². The van der Waals surface area contributed by atoms with Gasteiger partial charge < -0.3 is 30.6 Å². The molecular weight excluding hydrogens is 316 g/mol. The molecule has 2 heterocycles. The van der Waals surface area contributed by atoms with Gasteiger partial charge in [0.05, 0.1) is 0 Å². The van der Waals surface area contributed by atoms with E-state index in [0.29, 0.717) is 0 Å². The van der Waals surface area contributed by atoms with Crippen LogP contribution in [0.25, 0.3) is 0 Å². The Morgan fingerprint density at radius 1 is 1.00 bits per heavy atom. The van der Waals surface area contributed by atoms with Gasteiger partial charge in [-0.2, -0.15) is 0 Å². The maximum absolute atomic E-state index is 12.2. The molecule has 13 heteroatoms. The van der Waals surface area contributed by atoms with E-state index < -0.39 is 57.0 Å². The summed E-state index contributed by atoms with van der Waals surface area (Å²) in [4.78, 5) is 18.0. The summed E-state index contributed by atoms with van der Waals surface area (Å²) in [6, 6.07) is -1.01. The van der Waals surface area contributed by atoms with Crippen LogP contribution in [0.2, 0.25) is 0 Å². The number of aliphatic hydroxyl groups is 6. The highest BCUT2D eigenvalue weighted by Gasteiger charge is 2.52. The average molecular weight is 336 g/mol. The van der Waals surface area contributed by atoms with Crippen LogP contribution in [0, 0.1) is 0 Å². The molecule has 0 radical (unpaired) electrons. The minimum atomic E-state index is -1.51. The number of hydrogen-bond donors (Lipinski definition) is 8. The van der Waals surface area contributed by atoms with E-state index in [1.165, 1.54) is 0 Å². The van der Waals surface area contributed by atoms with Crippen molar-refractivity contribution < 1.29 is 35.4 Å². The second kappa shape index (κ2) is 7.10. The van der Waals surface area contributed by atoms with Crippen molar-refractivity contribution in [3.63, 3.8) is 0 Å². The maximum atomic E-state index is 12.2. The van der Waals surface area contributed by atoms with Crippen LogP contribution in [-0.2, 0) is 0 Å². The van der Waals surface area contributed by atoms with Crippen LogP contribution < -0.4 is 10.6 Å². The fourth-order valence-electron chi connectivity index (χ4n) is 2.73. The Bertz CT molecular complexity index is 425. The minimum absolute atomic E-state index is 0.741. The SMILES string of the molecule is C=NC(=O)N(C1C(O)NC(O)N1CO)C1C(O)NC(O)N1CO. The summed E-state index contributed by atoms with van der Waals surface area (Å²) in [5.74, 6) is 0. The topological polar surface area (TPSA) is 185 Å². The number of rotatable bonds is 4. The van der Waals surface area contributed by atoms with Crippen molar-refractivity contribution in [3.05, 3.63) is 0 Å². The highest BCUT2D eigenvalue weighted by molar-refractivity contribution is 5.79. The van der Waals surface area contributed by atoms with Gasteiger partial charge in [-0.1, -0.05) is 0 Å². The van der Waals surface area contributed by atoms with E-state index in [-0.39, 0.29) is 0 Å². The van der Waals surface area contributed by atoms with Gasteiger partial charge in [-0.05, 0) is 6.72 Å². The van der Waals surface area contributed by atoms with Gasteiger partial charge >= 0.3 is 6.03 Å². The van der Waals surface area contributed by atoms with Crippen molar-refractivity contribution in [2.75, 3.05) is 13.5 Å². The van der Waals surface area contributed by atoms with E-state index in [4.69, 9.17) is 0 Å². The lowest BCUT2D eigenvalue weighted by atomic mass is 10.3. The quantitative estimate of drug-likeness (QED) is 0.229. The fraction of sp³-hybridized carbons (Fsp3) is 0.800. The highest BCUT2D eigenvalue weighted by atomic mass is 16.4. The van der Waals surface area contributed by atoms with Crippen LogP contribution >= 0.6 is 0 Å². The first kappa shape index (κ1) is 18.1. The van der Waals surface area contributed by atoms with Crippen molar-refractivity contribution in [2.45, 2.75) is 37.5 Å². The predicted molar refractivity (Wildman–Crippen MR) is 72.5 cm³/mol. The Balaban J connectivity index is 2.41. The number of carbonyl (C=O) groups is 1. The zero-order valence-electron chi connectivity index (χ0n) is 12.0. The molecule has 2 rings (SSSR count). The molecule has 0 bridgehead atoms. The van der Waals surface area contributed by atoms with E-state index in [1.807, 2.05) is 0 Å². The van der Waals surface area contributed by atoms with Crippen LogP contribution in [0.15, 0.2) is 4.99 Å². The van der Waals surface area contributed by atoms with Crippen molar-refractivity contribution in [3.8, 4) is 0 Å². The molecule has 0 aliphatic carbocycles. The van der Waals surface area contributed by atoms with Gasteiger partial charge in [0.1, 0.15) is 38.2 Å². The molecular formula is C10H20N6O7. The third-order valence-corrected chi connectivity index (χ3v) is 3.77. The molecule has 0 saturated carbocycles. The summed E-state index contributed by atoms with van der Waals surface area (Å²) in [6.07, 6.45) is -8.66. The lowest BCUT2D eigenvalue weighted by Crippen LogP contribution is -2.63. The summed E-state index contributed by atoms with van der Waals surface area (Å²) in [5, 5.41) is 62.8. The second-order valence-electron chi connectivity index (χ2n) is 4.96. The molecule has 23 heavy (non-hydrogen) atoms. The maximum Gasteiger partial charge on any atom is 0.345 e. The standard InChI is InChI=1S/C10H20N6O7/c1-11-8(21)16(6-4(19)12-9(22)14(6)2-17)7-5(20)13-10(23)15(7)3-18/h4-7,9-10,12-13,17-20,22-23H,1-3H2. The molecule has 2 saturated heterocycles. The number of amides is 2. The molecule has 13 nitrogen and oxygen atoms in total. The molecule has 2 amide bonds. The minimum Gasteiger partial charge on any atom is -0.381 e. The Morgan fingerprint density at radius 3 is 1.70 bits per heavy atom. The number of carbonyl (C=O) groups excluding carboxylic acids is 1. The lowest BCUT2D eigenvalue weighted by Gasteiger charge is -2.41. The molecule has 2 aliphatic heterocycles. The van der Waals surface area contributed by atoms with E-state index in [1.54, 1.807) is 0 Å². The van der Waals surface area contributed by atoms with Crippen molar-refractivity contribution in [2.24, 2.45) is 4.99 Å². The van der Waals surface area contributed by atoms with E-state index in [9.17, 15) is 35.4 Å². The molecule has 6 atom stereocenters. The Labute approximate surface area is 130 Å². The van der Waals surface area contributed by atoms with Crippen LogP contribution in [0.5, 0.6) is 0 Å². The third-order valence-electron chi connectivity index (χ3n) is 3.77. The van der Waals surface area contributed by atoms with Crippen molar-refractivity contribution in [1.29, 1.82) is 0 Å². The van der Waals surface area contributed by atoms with E-state index >= 15 is 0 Å². The van der Waals surface area contributed by atoms with Crippen LogP contribution in [-0.4, -0.2) is 109 Å². The summed E-state index contributed by atoms with van der Waals surface area (Å²) >= 11 is 0. The van der Waals surface area contributed by atoms with Gasteiger partial charge in [0, 0.05) is 0 Å². The first-order valence-corrected chi connectivity index (χ1v) is 6.64. The number of urea groups is 1. The van der Waals surface area contributed by atoms with Crippen molar-refractivity contribution >= 4 is 12.7 Å². The Hall–Kier alpha value is -1.26. The summed E-state index contributed by atoms with van der Waals surface area (Å²) in [5.41, 5.74) is 0. The molecule has 132 valence electrons. The van der Waals surface area contributed by atoms with Gasteiger partial charge in [0.15, 0.2) is 12.7 Å². The van der Waals surface area contributed by atoms with Crippen LogP contribution in [0.1, 0.15) is 0 Å². The van der Waals surface area contributed by atoms with Gasteiger partial charge in [-0.15, -0.1) is 0 Å². The molecule has 6 unspecified atom stereocenters. The zero-order valence-corrected chi connectivity index (χ0v) is 12.0. The van der Waals surface area contributed by atoms with Gasteiger partial charge in [-0.3, -0.25) is 15.5 Å². The molecule has 2 fully saturated rings. The molecule has 0 aromatic rings. The lowest BCUT2D eigenvalue weighted by molar-refractivity contribution is -0.132. The first-order chi connectivity index (χ1) is 10.9. The molecule has 0 aromatic heterocycles. The smallest absolute Gasteiger partial charge is 0.345 e. The average Bonchev–Trinajstić information content (AvgIpc) is 2.95. The number of hydrogen-bond acceptors (Lipinski definition) is 11. The van der Waals surface area contributed by atoms with Crippen molar-refractivity contribution in [1.82, 2.24) is 25.3 Å². The Morgan fingerprint density at radius 2 is 1.39 bits per heavy atom. The third kappa shape index (κ3) is 3.07. The zero-order chi connectivity index (χ0) is 17.3. The van der Waals surface area contributed by atoms with Gasteiger partial charge in [0.2, 0.25) is 0 Å². The Kier molecular flexibility index (Phi) is 5.58. The molecule has 0 aromatic carbocycles. The normalized spacial score (nSPS) is 38.9. The summed E-state index contributed by atoms with van der Waals surface area (Å²) < 4.78 is 0. The predicted octanol–water partition coefficient (Wildman–Crippen LogP) is -5.34. The van der Waals surface area contributed by atoms with E-state index in [0.717, 1.165) is 14.7 Å². The molecule has 2 aliphatic rings. The van der Waals surface area contributed by atoms with Crippen LogP contribution in [0.3, 0.4) is 0 Å². The monoisotopic (exact) mass is 336 g/mol. The molecule has 0 spiro atoms. The number of nitrogens with one attached hydrogen (secondary N) is 2. The fourth-order valence-corrected chi connectivity index (χ4v) is 2.73. The van der Waals surface area contributed by atoms with Crippen LogP contribution in [0.4, 0.5) is 4.79 Å². The number of aliphatic hydroxyl groups excluding tert-OH is 6. The number of aliphatic imine (C=N–C) groups is 1. The second-order valence-corrected chi connectivity index (χ2v) is 4.96. The van der Waals surface area contributed by atoms with E-state index in [2.05, 4.69) is 22.3 Å².